The number of hydroxylamine groups is 2. The van der Waals surface area contributed by atoms with Gasteiger partial charge in [0.05, 0.1) is 40.1 Å². The van der Waals surface area contributed by atoms with E-state index in [4.69, 9.17) is 42.7 Å². The zero-order valence-electron chi connectivity index (χ0n) is 31.6. The van der Waals surface area contributed by atoms with Crippen LogP contribution in [0.4, 0.5) is 9.59 Å². The SMILES string of the molecule is CCCOc1c(OCC#CCN(OC(=O)Oc2ccccc2)C(=O)Oc2ccccc2)cc(C2CCC(c3cc(OC)c(OC)c(OC)c3)O2)cc1S(C)(=O)=O. The Morgan fingerprint density at radius 3 is 1.88 bits per heavy atom. The van der Waals surface area contributed by atoms with Crippen molar-refractivity contribution in [3.8, 4) is 52.1 Å². The summed E-state index contributed by atoms with van der Waals surface area (Å²) in [4.78, 5) is 30.7. The number of para-hydroxylation sites is 2. The van der Waals surface area contributed by atoms with Crippen LogP contribution in [0.2, 0.25) is 0 Å². The number of methoxy groups -OCH3 is 3. The van der Waals surface area contributed by atoms with E-state index in [0.717, 1.165) is 11.8 Å². The average Bonchev–Trinajstić information content (AvgIpc) is 3.70. The van der Waals surface area contributed by atoms with Crippen molar-refractivity contribution in [1.29, 1.82) is 0 Å². The van der Waals surface area contributed by atoms with Crippen molar-refractivity contribution < 1.29 is 60.7 Å². The molecule has 0 aliphatic carbocycles. The molecular weight excluding hydrogens is 747 g/mol. The van der Waals surface area contributed by atoms with Crippen LogP contribution in [0.5, 0.6) is 40.2 Å². The zero-order chi connectivity index (χ0) is 40.1. The lowest BCUT2D eigenvalue weighted by molar-refractivity contribution is -0.0807. The van der Waals surface area contributed by atoms with Crippen molar-refractivity contribution in [2.45, 2.75) is 43.3 Å². The number of carbonyl (C=O) groups excluding carboxylic acids is 2. The van der Waals surface area contributed by atoms with Crippen molar-refractivity contribution >= 4 is 22.1 Å². The third-order valence-corrected chi connectivity index (χ3v) is 9.37. The van der Waals surface area contributed by atoms with Gasteiger partial charge in [-0.1, -0.05) is 55.2 Å². The molecule has 1 aliphatic rings. The van der Waals surface area contributed by atoms with Gasteiger partial charge in [0.15, 0.2) is 32.8 Å². The molecule has 1 heterocycles. The fraction of sp³-hybridized carbons (Fsp3) is 0.317. The maximum Gasteiger partial charge on any atom is 0.539 e. The monoisotopic (exact) mass is 789 g/mol. The first-order valence-corrected chi connectivity index (χ1v) is 19.5. The van der Waals surface area contributed by atoms with E-state index in [1.54, 1.807) is 72.8 Å². The summed E-state index contributed by atoms with van der Waals surface area (Å²) in [6.07, 6.45) is -0.182. The highest BCUT2D eigenvalue weighted by Gasteiger charge is 2.32. The highest BCUT2D eigenvalue weighted by molar-refractivity contribution is 7.90. The fourth-order valence-corrected chi connectivity index (χ4v) is 6.53. The van der Waals surface area contributed by atoms with Crippen molar-refractivity contribution in [3.05, 3.63) is 96.1 Å². The third kappa shape index (κ3) is 10.8. The highest BCUT2D eigenvalue weighted by atomic mass is 32.2. The molecule has 0 spiro atoms. The molecule has 56 heavy (non-hydrogen) atoms. The second-order valence-electron chi connectivity index (χ2n) is 12.2. The molecule has 0 aromatic heterocycles. The first-order valence-electron chi connectivity index (χ1n) is 17.6. The number of carbonyl (C=O) groups is 2. The molecule has 5 rings (SSSR count). The van der Waals surface area contributed by atoms with Gasteiger partial charge in [-0.3, -0.25) is 4.84 Å². The number of hydrogen-bond donors (Lipinski definition) is 0. The molecule has 14 nitrogen and oxygen atoms in total. The standard InChI is InChI=1S/C41H43NO13S/c1-6-22-51-39-36(50-23-14-13-21-42(40(43)52-30-15-9-7-10-16-30)55-41(44)53-31-17-11-8-12-18-31)26-29(27-37(39)56(5,45)46)33-20-19-32(54-33)28-24-34(47-2)38(49-4)35(25-28)48-3/h7-12,15-18,24-27,32-33H,6,19-23H2,1-5H3. The fourth-order valence-electron chi connectivity index (χ4n) is 5.69. The molecule has 1 aliphatic heterocycles. The summed E-state index contributed by atoms with van der Waals surface area (Å²) < 4.78 is 71.7. The van der Waals surface area contributed by atoms with Gasteiger partial charge in [-0.05, 0) is 78.9 Å². The molecule has 296 valence electrons. The summed E-state index contributed by atoms with van der Waals surface area (Å²) >= 11 is 0. The van der Waals surface area contributed by atoms with E-state index in [9.17, 15) is 18.0 Å². The lowest BCUT2D eigenvalue weighted by Crippen LogP contribution is -2.37. The maximum atomic E-state index is 13.1. The molecule has 0 saturated carbocycles. The Morgan fingerprint density at radius 2 is 1.32 bits per heavy atom. The summed E-state index contributed by atoms with van der Waals surface area (Å²) in [5.74, 6) is 7.50. The van der Waals surface area contributed by atoms with Gasteiger partial charge in [0.1, 0.15) is 29.5 Å². The number of nitrogens with zero attached hydrogens (tertiary/aromatic N) is 1. The second kappa shape index (κ2) is 19.5. The first-order chi connectivity index (χ1) is 27.0. The van der Waals surface area contributed by atoms with Crippen molar-refractivity contribution in [1.82, 2.24) is 5.06 Å². The van der Waals surface area contributed by atoms with Crippen LogP contribution >= 0.6 is 0 Å². The molecule has 4 aromatic carbocycles. The van der Waals surface area contributed by atoms with Crippen LogP contribution in [0.3, 0.4) is 0 Å². The molecule has 1 amide bonds. The van der Waals surface area contributed by atoms with Crippen molar-refractivity contribution in [2.75, 3.05) is 47.3 Å². The Morgan fingerprint density at radius 1 is 0.750 bits per heavy atom. The average molecular weight is 790 g/mol. The van der Waals surface area contributed by atoms with Gasteiger partial charge < -0.3 is 37.9 Å². The predicted molar refractivity (Wildman–Crippen MR) is 203 cm³/mol. The number of benzene rings is 4. The Bertz CT molecular complexity index is 2110. The summed E-state index contributed by atoms with van der Waals surface area (Å²) in [7, 11) is 0.788. The van der Waals surface area contributed by atoms with Crippen LogP contribution in [0.25, 0.3) is 0 Å². The lowest BCUT2D eigenvalue weighted by atomic mass is 10.0. The van der Waals surface area contributed by atoms with E-state index >= 15 is 0 Å². The van der Waals surface area contributed by atoms with Gasteiger partial charge in [-0.2, -0.15) is 0 Å². The van der Waals surface area contributed by atoms with E-state index < -0.39 is 34.7 Å². The molecule has 0 bridgehead atoms. The number of rotatable bonds is 14. The smallest absolute Gasteiger partial charge is 0.493 e. The minimum absolute atomic E-state index is 0.0409. The summed E-state index contributed by atoms with van der Waals surface area (Å²) in [6.45, 7) is 1.43. The molecule has 2 atom stereocenters. The quantitative estimate of drug-likeness (QED) is 0.0536. The zero-order valence-corrected chi connectivity index (χ0v) is 32.5. The Kier molecular flexibility index (Phi) is 14.3. The molecule has 1 fully saturated rings. The van der Waals surface area contributed by atoms with E-state index in [2.05, 4.69) is 11.8 Å². The molecule has 4 aromatic rings. The Hall–Kier alpha value is -6.11. The normalized spacial score (nSPS) is 14.7. The van der Waals surface area contributed by atoms with E-state index in [1.807, 2.05) is 19.1 Å². The first kappa shape index (κ1) is 41.1. The van der Waals surface area contributed by atoms with Gasteiger partial charge in [0.25, 0.3) is 0 Å². The lowest BCUT2D eigenvalue weighted by Gasteiger charge is -2.20. The topological polar surface area (TPSA) is 155 Å². The molecule has 0 N–H and O–H groups in total. The largest absolute Gasteiger partial charge is 0.539 e. The molecule has 0 radical (unpaired) electrons. The van der Waals surface area contributed by atoms with Crippen LogP contribution in [0.1, 0.15) is 49.5 Å². The van der Waals surface area contributed by atoms with Gasteiger partial charge in [0, 0.05) is 6.26 Å². The van der Waals surface area contributed by atoms with Gasteiger partial charge in [0.2, 0.25) is 5.75 Å². The van der Waals surface area contributed by atoms with Gasteiger partial charge >= 0.3 is 12.2 Å². The van der Waals surface area contributed by atoms with Crippen LogP contribution in [-0.2, 0) is 19.4 Å². The Labute approximate surface area is 325 Å². The number of hydrogen-bond acceptors (Lipinski definition) is 13. The molecule has 1 saturated heterocycles. The highest BCUT2D eigenvalue weighted by Crippen LogP contribution is 2.48. The molecular formula is C41H43NO13S. The van der Waals surface area contributed by atoms with E-state index in [0.29, 0.717) is 47.1 Å². The third-order valence-electron chi connectivity index (χ3n) is 8.27. The minimum atomic E-state index is -3.81. The summed E-state index contributed by atoms with van der Waals surface area (Å²) in [5.41, 5.74) is 1.37. The van der Waals surface area contributed by atoms with Gasteiger partial charge in [-0.25, -0.2) is 18.0 Å². The molecule has 15 heteroatoms. The van der Waals surface area contributed by atoms with Crippen LogP contribution in [0, 0.1) is 11.8 Å². The van der Waals surface area contributed by atoms with Crippen LogP contribution in [-0.4, -0.2) is 73.1 Å². The van der Waals surface area contributed by atoms with Crippen LogP contribution < -0.4 is 33.2 Å². The number of sulfone groups is 1. The van der Waals surface area contributed by atoms with Crippen molar-refractivity contribution in [3.63, 3.8) is 0 Å². The maximum absolute atomic E-state index is 13.1. The van der Waals surface area contributed by atoms with E-state index in [-0.39, 0.29) is 47.2 Å². The second-order valence-corrected chi connectivity index (χ2v) is 14.2. The Balaban J connectivity index is 1.36. The number of amides is 1. The predicted octanol–water partition coefficient (Wildman–Crippen LogP) is 7.51. The summed E-state index contributed by atoms with van der Waals surface area (Å²) in [5, 5.41) is 0.602. The minimum Gasteiger partial charge on any atom is -0.493 e. The van der Waals surface area contributed by atoms with Crippen LogP contribution in [0.15, 0.2) is 89.8 Å². The van der Waals surface area contributed by atoms with Gasteiger partial charge in [-0.15, -0.1) is 5.06 Å². The summed E-state index contributed by atoms with van der Waals surface area (Å²) in [6, 6.07) is 23.2. The van der Waals surface area contributed by atoms with E-state index in [1.165, 1.54) is 21.3 Å². The number of ether oxygens (including phenoxy) is 8. The van der Waals surface area contributed by atoms with Crippen molar-refractivity contribution in [2.24, 2.45) is 0 Å². The molecule has 2 unspecified atom stereocenters.